The van der Waals surface area contributed by atoms with Gasteiger partial charge in [0.15, 0.2) is 5.82 Å². The maximum atomic E-state index is 12.8. The number of β-lactam (4-membered cyclic amide) rings is 1. The number of aromatic nitrogens is 2. The summed E-state index contributed by atoms with van der Waals surface area (Å²) in [5.74, 6) is 1.98. The second-order valence-corrected chi connectivity index (χ2v) is 7.86. The molecule has 2 aliphatic heterocycles. The molecule has 1 N–H and O–H groups in total. The van der Waals surface area contributed by atoms with Crippen LogP contribution in [0, 0.1) is 6.92 Å². The average molecular weight is 400 g/mol. The van der Waals surface area contributed by atoms with E-state index in [1.807, 2.05) is 31.2 Å². The predicted molar refractivity (Wildman–Crippen MR) is 103 cm³/mol. The normalized spacial score (nSPS) is 21.2. The molecule has 2 aromatic rings. The van der Waals surface area contributed by atoms with E-state index >= 15 is 0 Å². The molecule has 0 spiro atoms. The molecule has 28 heavy (non-hydrogen) atoms. The molecule has 0 aliphatic carbocycles. The van der Waals surface area contributed by atoms with Gasteiger partial charge < -0.3 is 14.6 Å². The molecule has 9 heteroatoms. The average Bonchev–Trinajstić information content (AvgIpc) is 3.12. The lowest BCUT2D eigenvalue weighted by atomic mass is 10.0. The van der Waals surface area contributed by atoms with E-state index in [0.29, 0.717) is 17.4 Å². The van der Waals surface area contributed by atoms with Gasteiger partial charge in [-0.1, -0.05) is 17.3 Å². The van der Waals surface area contributed by atoms with Crippen molar-refractivity contribution in [1.82, 2.24) is 20.4 Å². The molecular formula is C19H20N4O4S. The van der Waals surface area contributed by atoms with Crippen molar-refractivity contribution in [2.24, 2.45) is 0 Å². The van der Waals surface area contributed by atoms with Crippen molar-refractivity contribution in [3.8, 4) is 5.75 Å². The third kappa shape index (κ3) is 3.26. The number of aryl methyl sites for hydroxylation is 1. The molecular weight excluding hydrogens is 380 g/mol. The number of nitrogens with one attached hydrogen (secondary N) is 1. The fourth-order valence-electron chi connectivity index (χ4n) is 3.32. The second-order valence-electron chi connectivity index (χ2n) is 6.76. The molecule has 2 atom stereocenters. The van der Waals surface area contributed by atoms with Crippen LogP contribution in [0.25, 0.3) is 5.70 Å². The van der Waals surface area contributed by atoms with Crippen LogP contribution in [0.2, 0.25) is 0 Å². The van der Waals surface area contributed by atoms with Gasteiger partial charge >= 0.3 is 0 Å². The molecule has 146 valence electrons. The van der Waals surface area contributed by atoms with Gasteiger partial charge in [0.05, 0.1) is 13.5 Å². The number of rotatable bonds is 5. The maximum absolute atomic E-state index is 12.8. The van der Waals surface area contributed by atoms with Crippen molar-refractivity contribution in [3.05, 3.63) is 47.1 Å². The molecule has 1 fully saturated rings. The summed E-state index contributed by atoms with van der Waals surface area (Å²) in [7, 11) is 1.59. The highest BCUT2D eigenvalue weighted by molar-refractivity contribution is 8.00. The SMILES string of the molecule is COc1ccc(CC(=O)NC2C(=O)N3C(c4nc(C)no4)=C(C)CSC23)cc1. The van der Waals surface area contributed by atoms with Crippen LogP contribution < -0.4 is 10.1 Å². The van der Waals surface area contributed by atoms with Crippen LogP contribution in [0.1, 0.15) is 24.2 Å². The van der Waals surface area contributed by atoms with Gasteiger partial charge in [-0.2, -0.15) is 4.98 Å². The van der Waals surface area contributed by atoms with Crippen molar-refractivity contribution >= 4 is 29.3 Å². The molecule has 1 aromatic carbocycles. The fraction of sp³-hybridized carbons (Fsp3) is 0.368. The van der Waals surface area contributed by atoms with E-state index in [1.54, 1.807) is 30.7 Å². The Kier molecular flexibility index (Phi) is 4.84. The van der Waals surface area contributed by atoms with Gasteiger partial charge in [0.2, 0.25) is 5.91 Å². The number of thioether (sulfide) groups is 1. The largest absolute Gasteiger partial charge is 0.497 e. The Bertz CT molecular complexity index is 953. The number of hydrogen-bond donors (Lipinski definition) is 1. The number of benzene rings is 1. The van der Waals surface area contributed by atoms with E-state index in [9.17, 15) is 9.59 Å². The highest BCUT2D eigenvalue weighted by Gasteiger charge is 2.53. The topological polar surface area (TPSA) is 97.6 Å². The Morgan fingerprint density at radius 3 is 2.75 bits per heavy atom. The van der Waals surface area contributed by atoms with Crippen molar-refractivity contribution in [1.29, 1.82) is 0 Å². The minimum absolute atomic E-state index is 0.162. The van der Waals surface area contributed by atoms with Gasteiger partial charge in [-0.25, -0.2) is 0 Å². The first-order valence-electron chi connectivity index (χ1n) is 8.85. The summed E-state index contributed by atoms with van der Waals surface area (Å²) < 4.78 is 10.4. The summed E-state index contributed by atoms with van der Waals surface area (Å²) >= 11 is 1.62. The molecule has 2 aliphatic rings. The van der Waals surface area contributed by atoms with Crippen molar-refractivity contribution in [2.45, 2.75) is 31.7 Å². The summed E-state index contributed by atoms with van der Waals surface area (Å²) in [6.45, 7) is 3.68. The standard InChI is InChI=1S/C19H20N4O4S/c1-10-9-28-19-15(18(25)23(19)16(10)17-20-11(2)22-27-17)21-14(24)8-12-4-6-13(26-3)7-5-12/h4-7,15,19H,8-9H2,1-3H3,(H,21,24). The summed E-state index contributed by atoms with van der Waals surface area (Å²) in [5.41, 5.74) is 2.52. The number of carbonyl (C=O) groups is 2. The lowest BCUT2D eigenvalue weighted by molar-refractivity contribution is -0.143. The maximum Gasteiger partial charge on any atom is 0.274 e. The van der Waals surface area contributed by atoms with Crippen LogP contribution in [-0.2, 0) is 16.0 Å². The number of amides is 2. The van der Waals surface area contributed by atoms with Crippen LogP contribution in [0.15, 0.2) is 34.4 Å². The molecule has 4 rings (SSSR count). The Labute approximate surface area is 166 Å². The number of methoxy groups -OCH3 is 1. The Morgan fingerprint density at radius 1 is 1.36 bits per heavy atom. The zero-order chi connectivity index (χ0) is 19.8. The fourth-order valence-corrected chi connectivity index (χ4v) is 4.61. The third-order valence-electron chi connectivity index (χ3n) is 4.73. The predicted octanol–water partition coefficient (Wildman–Crippen LogP) is 1.76. The molecule has 0 saturated carbocycles. The summed E-state index contributed by atoms with van der Waals surface area (Å²) in [5, 5.41) is 6.51. The molecule has 2 amide bonds. The van der Waals surface area contributed by atoms with E-state index in [-0.39, 0.29) is 23.6 Å². The summed E-state index contributed by atoms with van der Waals surface area (Å²) in [6.07, 6.45) is 0.204. The molecule has 1 aromatic heterocycles. The first-order valence-corrected chi connectivity index (χ1v) is 9.90. The Morgan fingerprint density at radius 2 is 2.11 bits per heavy atom. The highest BCUT2D eigenvalue weighted by Crippen LogP contribution is 2.43. The van der Waals surface area contributed by atoms with Crippen molar-refractivity contribution in [2.75, 3.05) is 12.9 Å². The number of fused-ring (bicyclic) bond motifs is 1. The molecule has 0 bridgehead atoms. The molecule has 2 unspecified atom stereocenters. The number of carbonyl (C=O) groups excluding carboxylic acids is 2. The smallest absolute Gasteiger partial charge is 0.274 e. The highest BCUT2D eigenvalue weighted by atomic mass is 32.2. The second kappa shape index (κ2) is 7.31. The Hall–Kier alpha value is -2.81. The molecule has 8 nitrogen and oxygen atoms in total. The van der Waals surface area contributed by atoms with E-state index in [0.717, 1.165) is 22.6 Å². The van der Waals surface area contributed by atoms with Gasteiger partial charge in [0, 0.05) is 5.75 Å². The first-order chi connectivity index (χ1) is 13.5. The lowest BCUT2D eigenvalue weighted by Crippen LogP contribution is -2.69. The molecule has 0 radical (unpaired) electrons. The summed E-state index contributed by atoms with van der Waals surface area (Å²) in [4.78, 5) is 31.1. The van der Waals surface area contributed by atoms with Crippen LogP contribution in [0.3, 0.4) is 0 Å². The third-order valence-corrected chi connectivity index (χ3v) is 6.15. The van der Waals surface area contributed by atoms with Gasteiger partial charge in [0.1, 0.15) is 22.9 Å². The number of nitrogens with zero attached hydrogens (tertiary/aromatic N) is 3. The van der Waals surface area contributed by atoms with E-state index < -0.39 is 6.04 Å². The van der Waals surface area contributed by atoms with Gasteiger partial charge in [-0.15, -0.1) is 11.8 Å². The summed E-state index contributed by atoms with van der Waals surface area (Å²) in [6, 6.07) is 6.74. The van der Waals surface area contributed by atoms with Gasteiger partial charge in [-0.3, -0.25) is 14.5 Å². The van der Waals surface area contributed by atoms with E-state index in [2.05, 4.69) is 15.5 Å². The monoisotopic (exact) mass is 400 g/mol. The minimum Gasteiger partial charge on any atom is -0.497 e. The molecule has 3 heterocycles. The zero-order valence-corrected chi connectivity index (χ0v) is 16.6. The molecule has 1 saturated heterocycles. The van der Waals surface area contributed by atoms with Crippen LogP contribution in [0.4, 0.5) is 0 Å². The van der Waals surface area contributed by atoms with E-state index in [1.165, 1.54) is 0 Å². The number of hydrogen-bond acceptors (Lipinski definition) is 7. The van der Waals surface area contributed by atoms with E-state index in [4.69, 9.17) is 9.26 Å². The van der Waals surface area contributed by atoms with Gasteiger partial charge in [-0.05, 0) is 37.1 Å². The van der Waals surface area contributed by atoms with Crippen molar-refractivity contribution < 1.29 is 18.8 Å². The van der Waals surface area contributed by atoms with Crippen LogP contribution in [-0.4, -0.2) is 51.1 Å². The minimum atomic E-state index is -0.553. The Balaban J connectivity index is 1.44. The zero-order valence-electron chi connectivity index (χ0n) is 15.8. The lowest BCUT2D eigenvalue weighted by Gasteiger charge is -2.49. The van der Waals surface area contributed by atoms with Gasteiger partial charge in [0.25, 0.3) is 11.8 Å². The first kappa shape index (κ1) is 18.5. The van der Waals surface area contributed by atoms with Crippen LogP contribution in [0.5, 0.6) is 5.75 Å². The van der Waals surface area contributed by atoms with Crippen molar-refractivity contribution in [3.63, 3.8) is 0 Å². The quantitative estimate of drug-likeness (QED) is 0.764. The van der Waals surface area contributed by atoms with Crippen LogP contribution >= 0.6 is 11.8 Å². The number of ether oxygens (including phenoxy) is 1.